The largest absolute Gasteiger partial charge is 0.490 e. The number of thiazole rings is 1. The third-order valence-corrected chi connectivity index (χ3v) is 4.71. The standard InChI is InChI=1S/C17H21N3O2S.C2HF3O2/c1-12(2)8-22-9-14-6-18-5-13-7-20(4-3-15(13)14)17(21)16-10-23-11-19-16;3-2(4,5)1(6)7/h5-6,10-12H,3-4,7-9H2,1-2H3;(H,6,7). The quantitative estimate of drug-likeness (QED) is 0.757. The molecule has 164 valence electrons. The summed E-state index contributed by atoms with van der Waals surface area (Å²) in [5, 5.41) is 8.92. The highest BCUT2D eigenvalue weighted by molar-refractivity contribution is 7.07. The van der Waals surface area contributed by atoms with Crippen molar-refractivity contribution < 1.29 is 32.6 Å². The monoisotopic (exact) mass is 445 g/mol. The van der Waals surface area contributed by atoms with Crippen LogP contribution in [0.3, 0.4) is 0 Å². The minimum absolute atomic E-state index is 0.00152. The maximum absolute atomic E-state index is 12.4. The topological polar surface area (TPSA) is 92.6 Å². The third kappa shape index (κ3) is 6.77. The Morgan fingerprint density at radius 1 is 1.33 bits per heavy atom. The number of carbonyl (C=O) groups is 2. The van der Waals surface area contributed by atoms with Crippen LogP contribution in [0.4, 0.5) is 13.2 Å². The van der Waals surface area contributed by atoms with Gasteiger partial charge in [-0.2, -0.15) is 13.2 Å². The third-order valence-electron chi connectivity index (χ3n) is 4.12. The van der Waals surface area contributed by atoms with E-state index in [1.54, 1.807) is 10.9 Å². The van der Waals surface area contributed by atoms with Gasteiger partial charge in [0.25, 0.3) is 5.91 Å². The molecule has 0 aliphatic carbocycles. The number of halogens is 3. The van der Waals surface area contributed by atoms with E-state index in [9.17, 15) is 18.0 Å². The molecular formula is C19H22F3N3O4S. The van der Waals surface area contributed by atoms with Gasteiger partial charge < -0.3 is 14.7 Å². The SMILES string of the molecule is CC(C)COCc1cncc2c1CCN(C(=O)c1cscn1)C2.O=C(O)C(F)(F)F. The molecule has 11 heteroatoms. The average molecular weight is 445 g/mol. The van der Waals surface area contributed by atoms with Gasteiger partial charge in [0.15, 0.2) is 0 Å². The molecule has 0 fully saturated rings. The fourth-order valence-corrected chi connectivity index (χ4v) is 3.28. The highest BCUT2D eigenvalue weighted by Crippen LogP contribution is 2.23. The molecule has 3 rings (SSSR count). The van der Waals surface area contributed by atoms with Gasteiger partial charge in [0.05, 0.1) is 12.1 Å². The molecule has 0 saturated heterocycles. The van der Waals surface area contributed by atoms with Crippen LogP contribution in [0.2, 0.25) is 0 Å². The van der Waals surface area contributed by atoms with E-state index < -0.39 is 12.1 Å². The Kier molecular flexibility index (Phi) is 8.30. The first kappa shape index (κ1) is 23.7. The van der Waals surface area contributed by atoms with E-state index in [-0.39, 0.29) is 5.91 Å². The summed E-state index contributed by atoms with van der Waals surface area (Å²) in [5.74, 6) is -2.24. The highest BCUT2D eigenvalue weighted by Gasteiger charge is 2.38. The Morgan fingerprint density at radius 2 is 2.03 bits per heavy atom. The van der Waals surface area contributed by atoms with Crippen LogP contribution in [-0.2, 0) is 29.1 Å². The predicted molar refractivity (Wildman–Crippen MR) is 103 cm³/mol. The van der Waals surface area contributed by atoms with Crippen LogP contribution in [-0.4, -0.2) is 51.2 Å². The van der Waals surface area contributed by atoms with Gasteiger partial charge >= 0.3 is 12.1 Å². The lowest BCUT2D eigenvalue weighted by Crippen LogP contribution is -2.36. The van der Waals surface area contributed by atoms with Crippen molar-refractivity contribution in [1.29, 1.82) is 0 Å². The van der Waals surface area contributed by atoms with Gasteiger partial charge in [-0.15, -0.1) is 11.3 Å². The number of hydrogen-bond acceptors (Lipinski definition) is 6. The second-order valence-corrected chi connectivity index (χ2v) is 7.72. The van der Waals surface area contributed by atoms with Crippen LogP contribution in [0, 0.1) is 5.92 Å². The number of carboxylic acids is 1. The molecule has 0 spiro atoms. The summed E-state index contributed by atoms with van der Waals surface area (Å²) in [6, 6.07) is 0. The summed E-state index contributed by atoms with van der Waals surface area (Å²) in [7, 11) is 0. The molecule has 0 bridgehead atoms. The van der Waals surface area contributed by atoms with Crippen molar-refractivity contribution in [2.45, 2.75) is 39.6 Å². The number of amides is 1. The second-order valence-electron chi connectivity index (χ2n) is 7.00. The van der Waals surface area contributed by atoms with Crippen LogP contribution >= 0.6 is 11.3 Å². The first-order chi connectivity index (χ1) is 14.1. The van der Waals surface area contributed by atoms with Crippen LogP contribution in [0.5, 0.6) is 0 Å². The number of ether oxygens (including phenoxy) is 1. The Morgan fingerprint density at radius 3 is 2.60 bits per heavy atom. The summed E-state index contributed by atoms with van der Waals surface area (Å²) in [5.41, 5.74) is 5.76. The number of pyridine rings is 1. The molecular weight excluding hydrogens is 423 g/mol. The molecule has 0 aromatic carbocycles. The van der Waals surface area contributed by atoms with Gasteiger partial charge in [-0.25, -0.2) is 9.78 Å². The highest BCUT2D eigenvalue weighted by atomic mass is 32.1. The maximum Gasteiger partial charge on any atom is 0.490 e. The average Bonchev–Trinajstić information content (AvgIpc) is 3.21. The molecule has 0 atom stereocenters. The predicted octanol–water partition coefficient (Wildman–Crippen LogP) is 3.54. The lowest BCUT2D eigenvalue weighted by Gasteiger charge is -2.29. The van der Waals surface area contributed by atoms with Gasteiger partial charge in [0.1, 0.15) is 5.69 Å². The zero-order valence-corrected chi connectivity index (χ0v) is 17.3. The second kappa shape index (κ2) is 10.5. The van der Waals surface area contributed by atoms with Gasteiger partial charge in [0.2, 0.25) is 0 Å². The van der Waals surface area contributed by atoms with Crippen molar-refractivity contribution in [2.75, 3.05) is 13.2 Å². The number of aliphatic carboxylic acids is 1. The number of alkyl halides is 3. The van der Waals surface area contributed by atoms with Gasteiger partial charge in [0, 0.05) is 37.5 Å². The van der Waals surface area contributed by atoms with Crippen LogP contribution < -0.4 is 0 Å². The Bertz CT molecular complexity index is 857. The molecule has 2 aromatic rings. The summed E-state index contributed by atoms with van der Waals surface area (Å²) in [4.78, 5) is 31.6. The van der Waals surface area contributed by atoms with Crippen molar-refractivity contribution in [1.82, 2.24) is 14.9 Å². The lowest BCUT2D eigenvalue weighted by molar-refractivity contribution is -0.192. The Hall–Kier alpha value is -2.53. The fraction of sp³-hybridized carbons (Fsp3) is 0.474. The molecule has 1 aliphatic heterocycles. The number of nitrogens with zero attached hydrogens (tertiary/aromatic N) is 3. The Labute approximate surface area is 175 Å². The summed E-state index contributed by atoms with van der Waals surface area (Å²) >= 11 is 1.44. The van der Waals surface area contributed by atoms with E-state index in [4.69, 9.17) is 14.6 Å². The van der Waals surface area contributed by atoms with Crippen molar-refractivity contribution in [3.8, 4) is 0 Å². The molecule has 1 aliphatic rings. The van der Waals surface area contributed by atoms with Crippen molar-refractivity contribution in [3.63, 3.8) is 0 Å². The Balaban J connectivity index is 0.000000396. The minimum atomic E-state index is -5.08. The van der Waals surface area contributed by atoms with Crippen LogP contribution in [0.1, 0.15) is 41.0 Å². The summed E-state index contributed by atoms with van der Waals surface area (Å²) in [6.07, 6.45) is -0.493. The zero-order chi connectivity index (χ0) is 22.3. The number of aromatic nitrogens is 2. The fourth-order valence-electron chi connectivity index (χ4n) is 2.75. The van der Waals surface area contributed by atoms with Crippen LogP contribution in [0.15, 0.2) is 23.3 Å². The molecule has 1 amide bonds. The van der Waals surface area contributed by atoms with Crippen LogP contribution in [0.25, 0.3) is 0 Å². The van der Waals surface area contributed by atoms with Gasteiger partial charge in [-0.05, 0) is 29.0 Å². The molecule has 0 saturated carbocycles. The number of rotatable bonds is 5. The number of hydrogen-bond donors (Lipinski definition) is 1. The molecule has 3 heterocycles. The van der Waals surface area contributed by atoms with Gasteiger partial charge in [-0.3, -0.25) is 9.78 Å². The number of fused-ring (bicyclic) bond motifs is 1. The van der Waals surface area contributed by atoms with E-state index in [2.05, 4.69) is 23.8 Å². The van der Waals surface area contributed by atoms with E-state index in [0.717, 1.165) is 24.2 Å². The van der Waals surface area contributed by atoms with Gasteiger partial charge in [-0.1, -0.05) is 13.8 Å². The minimum Gasteiger partial charge on any atom is -0.475 e. The molecule has 1 N–H and O–H groups in total. The smallest absolute Gasteiger partial charge is 0.475 e. The van der Waals surface area contributed by atoms with E-state index in [0.29, 0.717) is 31.3 Å². The van der Waals surface area contributed by atoms with Crippen molar-refractivity contribution in [3.05, 3.63) is 45.7 Å². The summed E-state index contributed by atoms with van der Waals surface area (Å²) < 4.78 is 37.5. The molecule has 0 unspecified atom stereocenters. The normalized spacial score (nSPS) is 13.5. The number of carboxylic acid groups (broad SMARTS) is 1. The molecule has 30 heavy (non-hydrogen) atoms. The van der Waals surface area contributed by atoms with E-state index >= 15 is 0 Å². The lowest BCUT2D eigenvalue weighted by atomic mass is 9.97. The maximum atomic E-state index is 12.4. The van der Waals surface area contributed by atoms with E-state index in [1.165, 1.54) is 16.9 Å². The first-order valence-electron chi connectivity index (χ1n) is 9.09. The van der Waals surface area contributed by atoms with Crippen molar-refractivity contribution >= 4 is 23.2 Å². The molecule has 2 aromatic heterocycles. The zero-order valence-electron chi connectivity index (χ0n) is 16.5. The number of carbonyl (C=O) groups excluding carboxylic acids is 1. The van der Waals surface area contributed by atoms with E-state index in [1.807, 2.05) is 17.3 Å². The molecule has 0 radical (unpaired) electrons. The first-order valence-corrected chi connectivity index (χ1v) is 10.0. The summed E-state index contributed by atoms with van der Waals surface area (Å²) in [6.45, 7) is 6.93. The van der Waals surface area contributed by atoms with Crippen molar-refractivity contribution in [2.24, 2.45) is 5.92 Å². The molecule has 7 nitrogen and oxygen atoms in total.